The Morgan fingerprint density at radius 3 is 2.65 bits per heavy atom. The number of hydrogen-bond donors (Lipinski definition) is 0. The van der Waals surface area contributed by atoms with Crippen LogP contribution in [0.25, 0.3) is 16.9 Å². The second-order valence-corrected chi connectivity index (χ2v) is 7.23. The topological polar surface area (TPSA) is 87.3 Å². The minimum Gasteiger partial charge on any atom is -0.480 e. The van der Waals surface area contributed by atoms with Gasteiger partial charge < -0.3 is 9.47 Å². The van der Waals surface area contributed by atoms with Crippen LogP contribution in [0.5, 0.6) is 11.9 Å². The highest BCUT2D eigenvalue weighted by atomic mass is 19.3. The zero-order valence-corrected chi connectivity index (χ0v) is 16.7. The number of hydrogen-bond acceptors (Lipinski definition) is 7. The fraction of sp³-hybridized carbons (Fsp3) is 0.286. The van der Waals surface area contributed by atoms with Crippen molar-refractivity contribution in [2.24, 2.45) is 0 Å². The molecule has 0 saturated heterocycles. The summed E-state index contributed by atoms with van der Waals surface area (Å²) in [7, 11) is 3.01. The van der Waals surface area contributed by atoms with Gasteiger partial charge >= 0.3 is 6.01 Å². The summed E-state index contributed by atoms with van der Waals surface area (Å²) in [6.07, 6.45) is 4.64. The number of rotatable bonds is 6. The van der Waals surface area contributed by atoms with Gasteiger partial charge in [0.15, 0.2) is 5.65 Å². The quantitative estimate of drug-likeness (QED) is 0.465. The molecule has 0 aliphatic heterocycles. The monoisotopic (exact) mass is 424 g/mol. The number of pyridine rings is 1. The molecule has 4 aromatic rings. The Hall–Kier alpha value is -3.69. The number of alkyl halides is 2. The molecular weight excluding hydrogens is 406 g/mol. The summed E-state index contributed by atoms with van der Waals surface area (Å²) in [5.74, 6) is 0.638. The van der Waals surface area contributed by atoms with Crippen LogP contribution >= 0.6 is 0 Å². The van der Waals surface area contributed by atoms with Crippen LogP contribution in [0.3, 0.4) is 0 Å². The zero-order chi connectivity index (χ0) is 21.5. The highest BCUT2D eigenvalue weighted by Crippen LogP contribution is 2.55. The van der Waals surface area contributed by atoms with E-state index in [9.17, 15) is 8.78 Å². The maximum Gasteiger partial charge on any atom is 0.319 e. The molecule has 0 N–H and O–H groups in total. The molecule has 2 atom stereocenters. The molecule has 31 heavy (non-hydrogen) atoms. The van der Waals surface area contributed by atoms with Crippen LogP contribution in [0.1, 0.15) is 41.5 Å². The molecule has 158 valence electrons. The van der Waals surface area contributed by atoms with Crippen molar-refractivity contribution in [1.82, 2.24) is 29.5 Å². The standard InChI is InChI=1S/C21H18F2N6O2/c1-30-20-15(10-26-21(27-20)31-2)17-8-14(19-24-5-6-29(19)28-17)12-7-13(12)16-4-3-11(9-25-16)18(22)23/h3-6,8-10,12-13,18H,7H2,1-2H3/t12-,13-/m0/s1. The predicted molar refractivity (Wildman–Crippen MR) is 106 cm³/mol. The van der Waals surface area contributed by atoms with Crippen LogP contribution in [0.2, 0.25) is 0 Å². The number of fused-ring (bicyclic) bond motifs is 1. The molecular formula is C21H18F2N6O2. The Balaban J connectivity index is 1.53. The van der Waals surface area contributed by atoms with Crippen LogP contribution in [0, 0.1) is 0 Å². The molecule has 1 aliphatic carbocycles. The van der Waals surface area contributed by atoms with Crippen molar-refractivity contribution in [2.45, 2.75) is 24.7 Å². The molecule has 0 amide bonds. The third-order valence-electron chi connectivity index (χ3n) is 5.40. The number of methoxy groups -OCH3 is 2. The van der Waals surface area contributed by atoms with Crippen LogP contribution in [-0.2, 0) is 0 Å². The normalized spacial score (nSPS) is 17.8. The van der Waals surface area contributed by atoms with E-state index >= 15 is 0 Å². The summed E-state index contributed by atoms with van der Waals surface area (Å²) in [4.78, 5) is 17.1. The number of imidazole rings is 1. The first-order valence-corrected chi connectivity index (χ1v) is 9.62. The largest absolute Gasteiger partial charge is 0.480 e. The molecule has 0 unspecified atom stereocenters. The van der Waals surface area contributed by atoms with Crippen LogP contribution in [0.4, 0.5) is 8.78 Å². The Kier molecular flexibility index (Phi) is 4.68. The third kappa shape index (κ3) is 3.43. The fourth-order valence-electron chi connectivity index (χ4n) is 3.76. The maximum absolute atomic E-state index is 12.8. The average molecular weight is 424 g/mol. The highest BCUT2D eigenvalue weighted by Gasteiger charge is 2.42. The van der Waals surface area contributed by atoms with Gasteiger partial charge in [0.25, 0.3) is 6.43 Å². The van der Waals surface area contributed by atoms with Gasteiger partial charge in [0.1, 0.15) is 0 Å². The number of ether oxygens (including phenoxy) is 2. The van der Waals surface area contributed by atoms with Gasteiger partial charge in [0.05, 0.1) is 25.5 Å². The van der Waals surface area contributed by atoms with E-state index in [2.05, 4.69) is 25.0 Å². The van der Waals surface area contributed by atoms with Crippen LogP contribution < -0.4 is 9.47 Å². The van der Waals surface area contributed by atoms with E-state index in [4.69, 9.17) is 9.47 Å². The lowest BCUT2D eigenvalue weighted by Gasteiger charge is -2.10. The Morgan fingerprint density at radius 1 is 1.06 bits per heavy atom. The van der Waals surface area contributed by atoms with Crippen molar-refractivity contribution in [3.05, 3.63) is 59.8 Å². The molecule has 1 fully saturated rings. The second kappa shape index (κ2) is 7.53. The molecule has 5 rings (SSSR count). The summed E-state index contributed by atoms with van der Waals surface area (Å²) in [6.45, 7) is 0. The fourth-order valence-corrected chi connectivity index (χ4v) is 3.76. The van der Waals surface area contributed by atoms with E-state index < -0.39 is 6.43 Å². The average Bonchev–Trinajstić information content (AvgIpc) is 3.46. The summed E-state index contributed by atoms with van der Waals surface area (Å²) in [6, 6.07) is 5.27. The van der Waals surface area contributed by atoms with E-state index in [-0.39, 0.29) is 23.4 Å². The van der Waals surface area contributed by atoms with Gasteiger partial charge in [0, 0.05) is 47.5 Å². The lowest BCUT2D eigenvalue weighted by molar-refractivity contribution is 0.151. The van der Waals surface area contributed by atoms with Gasteiger partial charge in [-0.25, -0.2) is 23.3 Å². The minimum atomic E-state index is -2.52. The van der Waals surface area contributed by atoms with E-state index in [1.54, 1.807) is 29.2 Å². The molecule has 10 heteroatoms. The van der Waals surface area contributed by atoms with Gasteiger partial charge in [-0.05, 0) is 30.5 Å². The Labute approximate surface area is 175 Å². The molecule has 0 aromatic carbocycles. The van der Waals surface area contributed by atoms with E-state index in [0.29, 0.717) is 17.1 Å². The van der Waals surface area contributed by atoms with E-state index in [1.165, 1.54) is 26.5 Å². The predicted octanol–water partition coefficient (Wildman–Crippen LogP) is 3.81. The minimum absolute atomic E-state index is 0.0746. The molecule has 1 saturated carbocycles. The first-order chi connectivity index (χ1) is 15.1. The highest BCUT2D eigenvalue weighted by molar-refractivity contribution is 5.68. The molecule has 4 heterocycles. The molecule has 0 spiro atoms. The second-order valence-electron chi connectivity index (χ2n) is 7.23. The van der Waals surface area contributed by atoms with Crippen LogP contribution in [0.15, 0.2) is 43.0 Å². The SMILES string of the molecule is COc1ncc(-c2cc([C@H]3C[C@@H]3c3ccc(C(F)F)cn3)c3nccn3n2)c(OC)n1. The lowest BCUT2D eigenvalue weighted by atomic mass is 10.1. The van der Waals surface area contributed by atoms with E-state index in [0.717, 1.165) is 23.3 Å². The van der Waals surface area contributed by atoms with Crippen molar-refractivity contribution >= 4 is 5.65 Å². The van der Waals surface area contributed by atoms with Gasteiger partial charge in [-0.2, -0.15) is 10.1 Å². The Morgan fingerprint density at radius 2 is 1.94 bits per heavy atom. The summed E-state index contributed by atoms with van der Waals surface area (Å²) in [5, 5.41) is 4.62. The zero-order valence-electron chi connectivity index (χ0n) is 16.7. The first-order valence-electron chi connectivity index (χ1n) is 9.62. The lowest BCUT2D eigenvalue weighted by Crippen LogP contribution is -2.02. The molecule has 4 aromatic heterocycles. The summed E-state index contributed by atoms with van der Waals surface area (Å²) < 4.78 is 37.8. The number of halogens is 2. The van der Waals surface area contributed by atoms with Crippen molar-refractivity contribution in [3.63, 3.8) is 0 Å². The molecule has 0 bridgehead atoms. The number of nitrogens with zero attached hydrogens (tertiary/aromatic N) is 6. The Bertz CT molecular complexity index is 1240. The van der Waals surface area contributed by atoms with Crippen molar-refractivity contribution in [3.8, 4) is 23.1 Å². The first kappa shape index (κ1) is 19.3. The van der Waals surface area contributed by atoms with E-state index in [1.807, 2.05) is 6.07 Å². The third-order valence-corrected chi connectivity index (χ3v) is 5.40. The summed E-state index contributed by atoms with van der Waals surface area (Å²) in [5.41, 5.74) is 3.71. The van der Waals surface area contributed by atoms with Gasteiger partial charge in [-0.1, -0.05) is 0 Å². The smallest absolute Gasteiger partial charge is 0.319 e. The summed E-state index contributed by atoms with van der Waals surface area (Å²) >= 11 is 0. The van der Waals surface area contributed by atoms with Gasteiger partial charge in [-0.3, -0.25) is 4.98 Å². The number of aromatic nitrogens is 6. The van der Waals surface area contributed by atoms with Crippen molar-refractivity contribution in [2.75, 3.05) is 14.2 Å². The molecule has 1 aliphatic rings. The molecule has 8 nitrogen and oxygen atoms in total. The van der Waals surface area contributed by atoms with Gasteiger partial charge in [-0.15, -0.1) is 0 Å². The van der Waals surface area contributed by atoms with Crippen LogP contribution in [-0.4, -0.2) is 43.8 Å². The van der Waals surface area contributed by atoms with Crippen molar-refractivity contribution < 1.29 is 18.3 Å². The molecule has 0 radical (unpaired) electrons. The van der Waals surface area contributed by atoms with Crippen molar-refractivity contribution in [1.29, 1.82) is 0 Å². The maximum atomic E-state index is 12.8. The van der Waals surface area contributed by atoms with Gasteiger partial charge in [0.2, 0.25) is 5.88 Å².